The van der Waals surface area contributed by atoms with Gasteiger partial charge in [-0.1, -0.05) is 92.1 Å². The van der Waals surface area contributed by atoms with Crippen molar-refractivity contribution in [2.24, 2.45) is 7.05 Å². The Labute approximate surface area is 217 Å². The smallest absolute Gasteiger partial charge is 0.267 e. The van der Waals surface area contributed by atoms with Gasteiger partial charge in [0.2, 0.25) is 5.95 Å². The molecule has 1 N–H and O–H groups in total. The topological polar surface area (TPSA) is 69.0 Å². The molecule has 0 spiro atoms. The second-order valence-corrected chi connectivity index (χ2v) is 11.7. The largest absolute Gasteiger partial charge is 0.480 e. The number of aromatic nitrogens is 3. The van der Waals surface area contributed by atoms with Crippen LogP contribution in [0.15, 0.2) is 23.4 Å². The summed E-state index contributed by atoms with van der Waals surface area (Å²) >= 11 is 1.67. The highest BCUT2D eigenvalue weighted by Gasteiger charge is 2.29. The minimum atomic E-state index is -0.621. The summed E-state index contributed by atoms with van der Waals surface area (Å²) in [5.41, 5.74) is 2.45. The van der Waals surface area contributed by atoms with Crippen molar-refractivity contribution in [3.05, 3.63) is 29.3 Å². The highest BCUT2D eigenvalue weighted by Crippen LogP contribution is 2.39. The molecule has 1 unspecified atom stereocenters. The summed E-state index contributed by atoms with van der Waals surface area (Å²) in [6.45, 7) is 17.6. The van der Waals surface area contributed by atoms with Crippen molar-refractivity contribution in [1.29, 1.82) is 0 Å². The molecule has 196 valence electrons. The lowest BCUT2D eigenvalue weighted by molar-refractivity contribution is -0.122. The third-order valence-electron chi connectivity index (χ3n) is 7.24. The van der Waals surface area contributed by atoms with Crippen LogP contribution in [0, 0.1) is 0 Å². The number of hydrogen-bond acceptors (Lipinski definition) is 5. The Balaban J connectivity index is 2.22. The fourth-order valence-electron chi connectivity index (χ4n) is 3.71. The fraction of sp³-hybridized carbons (Fsp3) is 0.679. The molecule has 0 aliphatic heterocycles. The van der Waals surface area contributed by atoms with Crippen LogP contribution in [-0.4, -0.2) is 32.5 Å². The Morgan fingerprint density at radius 1 is 1.06 bits per heavy atom. The standard InChI is InChI=1S/C28H46N4O2S/c1-10-14-15-18-35-26-31-30-25(32(26)9)29-24(33)22(11-2)34-23-17-16-20(27(5,6)12-3)19-21(23)28(7,8)13-4/h16-17,19,22H,10-15,18H2,1-9H3,(H,29,30,33). The molecule has 2 rings (SSSR count). The van der Waals surface area contributed by atoms with E-state index in [2.05, 4.69) is 76.1 Å². The highest BCUT2D eigenvalue weighted by atomic mass is 32.2. The Morgan fingerprint density at radius 3 is 2.34 bits per heavy atom. The normalized spacial score (nSPS) is 13.1. The number of amides is 1. The molecular formula is C28H46N4O2S. The van der Waals surface area contributed by atoms with Gasteiger partial charge in [0.1, 0.15) is 5.75 Å². The molecule has 7 heteroatoms. The molecule has 2 aromatic rings. The summed E-state index contributed by atoms with van der Waals surface area (Å²) in [7, 11) is 1.88. The van der Waals surface area contributed by atoms with Gasteiger partial charge in [0.25, 0.3) is 5.91 Å². The van der Waals surface area contributed by atoms with Gasteiger partial charge in [-0.25, -0.2) is 0 Å². The van der Waals surface area contributed by atoms with Gasteiger partial charge >= 0.3 is 0 Å². The number of carbonyl (C=O) groups excluding carboxylic acids is 1. The number of nitrogens with one attached hydrogen (secondary N) is 1. The maximum absolute atomic E-state index is 13.2. The summed E-state index contributed by atoms with van der Waals surface area (Å²) in [6, 6.07) is 6.46. The van der Waals surface area contributed by atoms with Gasteiger partial charge in [-0.2, -0.15) is 0 Å². The van der Waals surface area contributed by atoms with E-state index < -0.39 is 6.10 Å². The summed E-state index contributed by atoms with van der Waals surface area (Å²) < 4.78 is 8.22. The number of anilines is 1. The third kappa shape index (κ3) is 7.48. The Kier molecular flexibility index (Phi) is 10.7. The molecule has 0 saturated carbocycles. The van der Waals surface area contributed by atoms with Crippen LogP contribution >= 0.6 is 11.8 Å². The molecule has 35 heavy (non-hydrogen) atoms. The van der Waals surface area contributed by atoms with E-state index in [1.165, 1.54) is 18.4 Å². The summed E-state index contributed by atoms with van der Waals surface area (Å²) in [6.07, 6.45) is 5.50. The lowest BCUT2D eigenvalue weighted by Gasteiger charge is -2.31. The number of ether oxygens (including phenoxy) is 1. The Morgan fingerprint density at radius 2 is 1.74 bits per heavy atom. The summed E-state index contributed by atoms with van der Waals surface area (Å²) in [4.78, 5) is 13.2. The number of unbranched alkanes of at least 4 members (excludes halogenated alkanes) is 2. The molecule has 1 amide bonds. The Hall–Kier alpha value is -2.02. The molecule has 0 fully saturated rings. The lowest BCUT2D eigenvalue weighted by atomic mass is 9.76. The second-order valence-electron chi connectivity index (χ2n) is 10.6. The first-order chi connectivity index (χ1) is 16.5. The van der Waals surface area contributed by atoms with Crippen molar-refractivity contribution in [2.75, 3.05) is 11.1 Å². The summed E-state index contributed by atoms with van der Waals surface area (Å²) in [5.74, 6) is 2.02. The molecule has 0 aliphatic rings. The van der Waals surface area contributed by atoms with Gasteiger partial charge in [-0.05, 0) is 48.1 Å². The molecule has 1 atom stereocenters. The first kappa shape index (κ1) is 29.2. The summed E-state index contributed by atoms with van der Waals surface area (Å²) in [5, 5.41) is 12.2. The van der Waals surface area contributed by atoms with Gasteiger partial charge in [-0.3, -0.25) is 14.7 Å². The van der Waals surface area contributed by atoms with Gasteiger partial charge in [0, 0.05) is 18.4 Å². The molecule has 0 saturated heterocycles. The molecule has 1 aromatic heterocycles. The number of benzene rings is 1. The van der Waals surface area contributed by atoms with Crippen LogP contribution in [-0.2, 0) is 22.7 Å². The maximum Gasteiger partial charge on any atom is 0.267 e. The number of rotatable bonds is 14. The van der Waals surface area contributed by atoms with Crippen molar-refractivity contribution >= 4 is 23.6 Å². The fourth-order valence-corrected chi connectivity index (χ4v) is 4.62. The predicted molar refractivity (Wildman–Crippen MR) is 148 cm³/mol. The van der Waals surface area contributed by atoms with Gasteiger partial charge < -0.3 is 4.74 Å². The van der Waals surface area contributed by atoms with E-state index in [0.717, 1.165) is 41.5 Å². The van der Waals surface area contributed by atoms with E-state index in [1.54, 1.807) is 11.8 Å². The molecule has 1 aromatic carbocycles. The Bertz CT molecular complexity index is 968. The minimum Gasteiger partial charge on any atom is -0.480 e. The van der Waals surface area contributed by atoms with Crippen molar-refractivity contribution in [3.63, 3.8) is 0 Å². The van der Waals surface area contributed by atoms with E-state index in [4.69, 9.17) is 4.74 Å². The number of thioether (sulfide) groups is 1. The third-order valence-corrected chi connectivity index (χ3v) is 8.35. The lowest BCUT2D eigenvalue weighted by Crippen LogP contribution is -2.34. The zero-order valence-electron chi connectivity index (χ0n) is 23.3. The zero-order valence-corrected chi connectivity index (χ0v) is 24.1. The van der Waals surface area contributed by atoms with Crippen LogP contribution < -0.4 is 10.1 Å². The van der Waals surface area contributed by atoms with E-state index >= 15 is 0 Å². The molecular weight excluding hydrogens is 456 g/mol. The van der Waals surface area contributed by atoms with E-state index in [0.29, 0.717) is 12.4 Å². The van der Waals surface area contributed by atoms with Crippen molar-refractivity contribution in [3.8, 4) is 5.75 Å². The van der Waals surface area contributed by atoms with Crippen LogP contribution in [0.5, 0.6) is 5.75 Å². The van der Waals surface area contributed by atoms with Crippen LogP contribution in [0.25, 0.3) is 0 Å². The van der Waals surface area contributed by atoms with E-state index in [-0.39, 0.29) is 16.7 Å². The second kappa shape index (κ2) is 12.8. The number of nitrogens with zero attached hydrogens (tertiary/aromatic N) is 3. The first-order valence-corrected chi connectivity index (χ1v) is 14.1. The average molecular weight is 503 g/mol. The van der Waals surface area contributed by atoms with E-state index in [9.17, 15) is 4.79 Å². The highest BCUT2D eigenvalue weighted by molar-refractivity contribution is 7.99. The first-order valence-electron chi connectivity index (χ1n) is 13.1. The van der Waals surface area contributed by atoms with Gasteiger partial charge in [-0.15, -0.1) is 10.2 Å². The number of carbonyl (C=O) groups is 1. The van der Waals surface area contributed by atoms with Gasteiger partial charge in [0.15, 0.2) is 11.3 Å². The molecule has 1 heterocycles. The minimum absolute atomic E-state index is 0.0720. The van der Waals surface area contributed by atoms with Crippen molar-refractivity contribution < 1.29 is 9.53 Å². The average Bonchev–Trinajstić information content (AvgIpc) is 3.18. The zero-order chi connectivity index (χ0) is 26.2. The van der Waals surface area contributed by atoms with Crippen molar-refractivity contribution in [1.82, 2.24) is 14.8 Å². The van der Waals surface area contributed by atoms with Gasteiger partial charge in [0.05, 0.1) is 0 Å². The molecule has 0 radical (unpaired) electrons. The van der Waals surface area contributed by atoms with Crippen LogP contribution in [0.2, 0.25) is 0 Å². The number of hydrogen-bond donors (Lipinski definition) is 1. The predicted octanol–water partition coefficient (Wildman–Crippen LogP) is 7.27. The maximum atomic E-state index is 13.2. The van der Waals surface area contributed by atoms with E-state index in [1.807, 2.05) is 24.6 Å². The van der Waals surface area contributed by atoms with Crippen LogP contribution in [0.1, 0.15) is 105 Å². The van der Waals surface area contributed by atoms with Crippen LogP contribution in [0.3, 0.4) is 0 Å². The van der Waals surface area contributed by atoms with Crippen LogP contribution in [0.4, 0.5) is 5.95 Å². The SMILES string of the molecule is CCCCCSc1nnc(NC(=O)C(CC)Oc2ccc(C(C)(C)CC)cc2C(C)(C)CC)n1C. The molecule has 0 bridgehead atoms. The molecule has 0 aliphatic carbocycles. The van der Waals surface area contributed by atoms with Crippen molar-refractivity contribution in [2.45, 2.75) is 116 Å². The quantitative estimate of drug-likeness (QED) is 0.217. The monoisotopic (exact) mass is 502 g/mol. The molecule has 6 nitrogen and oxygen atoms in total.